The third kappa shape index (κ3) is 55.7. The molecule has 0 aliphatic rings. The topological polar surface area (TPSA) is 95.9 Å². The molecule has 0 aliphatic heterocycles. The molecule has 0 aromatic carbocycles. The lowest BCUT2D eigenvalue weighted by atomic mass is 10.0. The summed E-state index contributed by atoms with van der Waals surface area (Å²) in [6.07, 6.45) is 73.3. The number of carbonyl (C=O) groups excluding carboxylic acids is 2. The molecule has 6 nitrogen and oxygen atoms in total. The predicted molar refractivity (Wildman–Crippen MR) is 306 cm³/mol. The summed E-state index contributed by atoms with van der Waals surface area (Å²) >= 11 is 0. The van der Waals surface area contributed by atoms with Gasteiger partial charge < -0.3 is 20.3 Å². The maximum Gasteiger partial charge on any atom is 0.305 e. The van der Waals surface area contributed by atoms with E-state index in [1.807, 2.05) is 0 Å². The quantitative estimate of drug-likeness (QED) is 0.0321. The Morgan fingerprint density at radius 3 is 1.14 bits per heavy atom. The van der Waals surface area contributed by atoms with Gasteiger partial charge in [-0.2, -0.15) is 0 Å². The number of unbranched alkanes of at least 4 members (excludes halogenated alkanes) is 44. The average Bonchev–Trinajstić information content (AvgIpc) is 3.36. The fraction of sp³-hybridized carbons (Fsp3) is 0.906. The highest BCUT2D eigenvalue weighted by Crippen LogP contribution is 2.18. The lowest BCUT2D eigenvalue weighted by molar-refractivity contribution is -0.143. The standard InChI is InChI=1S/C64H123NO5/c1-3-5-7-9-11-13-15-17-18-19-20-21-22-23-24-25-26-27-29-33-36-40-44-48-52-56-62(67)61(60-66)65-63(68)57-53-49-45-41-37-34-30-28-31-35-39-43-47-51-55-59-70-64(69)58-54-50-46-42-38-32-16-14-12-10-8-6-4-2/h8,10,14,16,61-62,66-67H,3-7,9,11-13,15,17-60H2,1-2H3,(H,65,68)/b10-8-,16-14-. The SMILES string of the molecule is CCC/C=C\C/C=C\CCCCCCCC(=O)OCCCCCCCCCCCCCCCCCC(=O)NC(CO)C(O)CCCCCCCCCCCCCCCCCCCCCCCCCCC. The van der Waals surface area contributed by atoms with Crippen molar-refractivity contribution in [3.8, 4) is 0 Å². The van der Waals surface area contributed by atoms with Gasteiger partial charge in [0.15, 0.2) is 0 Å². The molecule has 2 atom stereocenters. The third-order valence-corrected chi connectivity index (χ3v) is 14.7. The van der Waals surface area contributed by atoms with Crippen molar-refractivity contribution in [2.75, 3.05) is 13.2 Å². The van der Waals surface area contributed by atoms with E-state index in [2.05, 4.69) is 43.5 Å². The molecule has 0 aliphatic carbocycles. The van der Waals surface area contributed by atoms with Gasteiger partial charge in [0.1, 0.15) is 0 Å². The van der Waals surface area contributed by atoms with Gasteiger partial charge in [-0.05, 0) is 51.4 Å². The minimum Gasteiger partial charge on any atom is -0.466 e. The lowest BCUT2D eigenvalue weighted by Gasteiger charge is -2.22. The first-order valence-corrected chi connectivity index (χ1v) is 31.6. The van der Waals surface area contributed by atoms with E-state index in [1.165, 1.54) is 257 Å². The molecule has 0 bridgehead atoms. The fourth-order valence-corrected chi connectivity index (χ4v) is 9.92. The minimum absolute atomic E-state index is 0.0137. The molecule has 0 aromatic rings. The molecular formula is C64H123NO5. The molecule has 0 fully saturated rings. The fourth-order valence-electron chi connectivity index (χ4n) is 9.92. The number of esters is 1. The molecule has 6 heteroatoms. The number of hydrogen-bond donors (Lipinski definition) is 3. The molecule has 414 valence electrons. The number of allylic oxidation sites excluding steroid dienone is 4. The van der Waals surface area contributed by atoms with E-state index in [0.717, 1.165) is 57.8 Å². The smallest absolute Gasteiger partial charge is 0.305 e. The van der Waals surface area contributed by atoms with Crippen LogP contribution in [0.3, 0.4) is 0 Å². The first kappa shape index (κ1) is 68.3. The third-order valence-electron chi connectivity index (χ3n) is 14.7. The van der Waals surface area contributed by atoms with Gasteiger partial charge >= 0.3 is 5.97 Å². The van der Waals surface area contributed by atoms with E-state index in [0.29, 0.717) is 25.9 Å². The summed E-state index contributed by atoms with van der Waals surface area (Å²) < 4.78 is 5.46. The molecule has 0 rings (SSSR count). The monoisotopic (exact) mass is 986 g/mol. The normalized spacial score (nSPS) is 12.7. The highest BCUT2D eigenvalue weighted by atomic mass is 16.5. The van der Waals surface area contributed by atoms with Crippen LogP contribution in [-0.4, -0.2) is 47.4 Å². The van der Waals surface area contributed by atoms with Crippen LogP contribution in [-0.2, 0) is 14.3 Å². The van der Waals surface area contributed by atoms with Gasteiger partial charge in [0.05, 0.1) is 25.4 Å². The van der Waals surface area contributed by atoms with Crippen LogP contribution in [0.5, 0.6) is 0 Å². The maximum atomic E-state index is 12.5. The van der Waals surface area contributed by atoms with Gasteiger partial charge in [-0.3, -0.25) is 9.59 Å². The zero-order chi connectivity index (χ0) is 50.7. The van der Waals surface area contributed by atoms with Crippen LogP contribution in [0.15, 0.2) is 24.3 Å². The van der Waals surface area contributed by atoms with Crippen LogP contribution in [0.1, 0.15) is 348 Å². The zero-order valence-electron chi connectivity index (χ0n) is 47.3. The molecule has 0 saturated heterocycles. The molecule has 1 amide bonds. The van der Waals surface area contributed by atoms with Crippen molar-refractivity contribution in [2.45, 2.75) is 360 Å². The Morgan fingerprint density at radius 2 is 0.743 bits per heavy atom. The zero-order valence-corrected chi connectivity index (χ0v) is 47.3. The summed E-state index contributed by atoms with van der Waals surface area (Å²) in [6, 6.07) is -0.550. The van der Waals surface area contributed by atoms with E-state index >= 15 is 0 Å². The van der Waals surface area contributed by atoms with E-state index in [-0.39, 0.29) is 18.5 Å². The molecule has 70 heavy (non-hydrogen) atoms. The molecule has 0 spiro atoms. The predicted octanol–water partition coefficient (Wildman–Crippen LogP) is 19.8. The van der Waals surface area contributed by atoms with Crippen molar-refractivity contribution in [1.29, 1.82) is 0 Å². The van der Waals surface area contributed by atoms with Crippen molar-refractivity contribution in [3.63, 3.8) is 0 Å². The van der Waals surface area contributed by atoms with Crippen LogP contribution in [0.25, 0.3) is 0 Å². The Labute approximate surface area is 437 Å². The summed E-state index contributed by atoms with van der Waals surface area (Å²) in [6.45, 7) is 4.89. The second kappa shape index (κ2) is 59.9. The molecule has 3 N–H and O–H groups in total. The Balaban J connectivity index is 3.43. The number of carbonyl (C=O) groups is 2. The van der Waals surface area contributed by atoms with E-state index in [4.69, 9.17) is 4.74 Å². The van der Waals surface area contributed by atoms with Crippen molar-refractivity contribution < 1.29 is 24.5 Å². The summed E-state index contributed by atoms with van der Waals surface area (Å²) in [5.74, 6) is -0.0539. The van der Waals surface area contributed by atoms with Crippen LogP contribution < -0.4 is 5.32 Å². The highest BCUT2D eigenvalue weighted by Gasteiger charge is 2.20. The second-order valence-corrected chi connectivity index (χ2v) is 21.7. The molecule has 0 radical (unpaired) electrons. The van der Waals surface area contributed by atoms with Crippen LogP contribution in [0.2, 0.25) is 0 Å². The Kier molecular flexibility index (Phi) is 58.5. The second-order valence-electron chi connectivity index (χ2n) is 21.7. The number of rotatable bonds is 59. The van der Waals surface area contributed by atoms with Crippen LogP contribution in [0.4, 0.5) is 0 Å². The first-order valence-electron chi connectivity index (χ1n) is 31.6. The van der Waals surface area contributed by atoms with Crippen molar-refractivity contribution in [3.05, 3.63) is 24.3 Å². The molecule has 2 unspecified atom stereocenters. The number of amides is 1. The Morgan fingerprint density at radius 1 is 0.400 bits per heavy atom. The minimum atomic E-state index is -0.672. The number of nitrogens with one attached hydrogen (secondary N) is 1. The highest BCUT2D eigenvalue weighted by molar-refractivity contribution is 5.76. The lowest BCUT2D eigenvalue weighted by Crippen LogP contribution is -2.45. The summed E-state index contributed by atoms with van der Waals surface area (Å²) in [5.41, 5.74) is 0. The summed E-state index contributed by atoms with van der Waals surface area (Å²) in [7, 11) is 0. The molecular weight excluding hydrogens is 863 g/mol. The van der Waals surface area contributed by atoms with Crippen molar-refractivity contribution in [1.82, 2.24) is 5.32 Å². The van der Waals surface area contributed by atoms with Crippen LogP contribution >= 0.6 is 0 Å². The average molecular weight is 987 g/mol. The van der Waals surface area contributed by atoms with E-state index in [9.17, 15) is 19.8 Å². The summed E-state index contributed by atoms with van der Waals surface area (Å²) in [5, 5.41) is 23.4. The Bertz CT molecular complexity index is 1090. The van der Waals surface area contributed by atoms with Gasteiger partial charge in [-0.15, -0.1) is 0 Å². The largest absolute Gasteiger partial charge is 0.466 e. The van der Waals surface area contributed by atoms with Crippen molar-refractivity contribution >= 4 is 11.9 Å². The van der Waals surface area contributed by atoms with Gasteiger partial charge in [-0.1, -0.05) is 308 Å². The van der Waals surface area contributed by atoms with Gasteiger partial charge in [0.25, 0.3) is 0 Å². The molecule has 0 heterocycles. The van der Waals surface area contributed by atoms with Crippen molar-refractivity contribution in [2.24, 2.45) is 0 Å². The number of hydrogen-bond acceptors (Lipinski definition) is 5. The molecule has 0 saturated carbocycles. The maximum absolute atomic E-state index is 12.5. The number of aliphatic hydroxyl groups excluding tert-OH is 2. The molecule has 0 aromatic heterocycles. The number of ether oxygens (including phenoxy) is 1. The van der Waals surface area contributed by atoms with Crippen LogP contribution in [0, 0.1) is 0 Å². The van der Waals surface area contributed by atoms with Gasteiger partial charge in [0.2, 0.25) is 5.91 Å². The Hall–Kier alpha value is -1.66. The number of aliphatic hydroxyl groups is 2. The van der Waals surface area contributed by atoms with Gasteiger partial charge in [-0.25, -0.2) is 0 Å². The van der Waals surface area contributed by atoms with Gasteiger partial charge in [0, 0.05) is 12.8 Å². The van der Waals surface area contributed by atoms with E-state index in [1.54, 1.807) is 0 Å². The first-order chi connectivity index (χ1) is 34.5. The van der Waals surface area contributed by atoms with E-state index < -0.39 is 12.1 Å². The summed E-state index contributed by atoms with van der Waals surface area (Å²) in [4.78, 5) is 24.6.